The van der Waals surface area contributed by atoms with Crippen LogP contribution in [0.25, 0.3) is 0 Å². The number of hydrogen-bond acceptors (Lipinski definition) is 3. The largest absolute Gasteiger partial charge is 0.477 e. The van der Waals surface area contributed by atoms with Crippen molar-refractivity contribution in [2.75, 3.05) is 6.61 Å². The summed E-state index contributed by atoms with van der Waals surface area (Å²) in [6, 6.07) is 7.43. The summed E-state index contributed by atoms with van der Waals surface area (Å²) >= 11 is 5.97. The first-order chi connectivity index (χ1) is 7.15. The Kier molecular flexibility index (Phi) is 4.41. The highest BCUT2D eigenvalue weighted by Gasteiger charge is 2.09. The number of halogens is 1. The average Bonchev–Trinajstić information content (AvgIpc) is 2.16. The molecule has 0 radical (unpaired) electrons. The van der Waals surface area contributed by atoms with Gasteiger partial charge in [-0.25, -0.2) is 0 Å². The van der Waals surface area contributed by atoms with E-state index in [0.717, 1.165) is 5.56 Å². The van der Waals surface area contributed by atoms with Crippen LogP contribution < -0.4 is 10.5 Å². The number of hydrogen-bond donors (Lipinski definition) is 1. The van der Waals surface area contributed by atoms with Crippen LogP contribution in [0, 0.1) is 11.3 Å². The molecule has 0 spiro atoms. The molecule has 0 amide bonds. The van der Waals surface area contributed by atoms with Crippen molar-refractivity contribution in [3.05, 3.63) is 28.8 Å². The Labute approximate surface area is 94.4 Å². The molecule has 0 saturated heterocycles. The molecular formula is C11H13ClN2O. The second-order valence-corrected chi connectivity index (χ2v) is 3.76. The molecule has 0 aliphatic heterocycles. The molecule has 0 bridgehead atoms. The van der Waals surface area contributed by atoms with Crippen molar-refractivity contribution < 1.29 is 4.74 Å². The lowest BCUT2D eigenvalue weighted by Crippen LogP contribution is -2.18. The molecule has 2 N–H and O–H groups in total. The third-order valence-electron chi connectivity index (χ3n) is 1.87. The zero-order valence-electron chi connectivity index (χ0n) is 8.53. The topological polar surface area (TPSA) is 59.0 Å². The van der Waals surface area contributed by atoms with Gasteiger partial charge in [0.05, 0.1) is 5.02 Å². The van der Waals surface area contributed by atoms with Crippen LogP contribution in [0.15, 0.2) is 18.2 Å². The van der Waals surface area contributed by atoms with Gasteiger partial charge in [-0.05, 0) is 25.0 Å². The summed E-state index contributed by atoms with van der Waals surface area (Å²) in [5, 5.41) is 8.97. The fourth-order valence-corrected chi connectivity index (χ4v) is 1.58. The fourth-order valence-electron chi connectivity index (χ4n) is 1.33. The lowest BCUT2D eigenvalue weighted by atomic mass is 10.1. The molecule has 1 rings (SSSR count). The lowest BCUT2D eigenvalue weighted by molar-refractivity contribution is 0.363. The Hall–Kier alpha value is -1.24. The van der Waals surface area contributed by atoms with E-state index in [9.17, 15) is 0 Å². The molecule has 1 unspecified atom stereocenters. The molecule has 0 heterocycles. The van der Waals surface area contributed by atoms with Crippen LogP contribution in [-0.2, 0) is 6.42 Å². The SMILES string of the molecule is CC(N)Cc1cccc(Cl)c1OCC#N. The lowest BCUT2D eigenvalue weighted by Gasteiger charge is -2.12. The van der Waals surface area contributed by atoms with Crippen LogP contribution in [0.5, 0.6) is 5.75 Å². The summed E-state index contributed by atoms with van der Waals surface area (Å²) in [7, 11) is 0. The van der Waals surface area contributed by atoms with Crippen molar-refractivity contribution in [1.82, 2.24) is 0 Å². The highest BCUT2D eigenvalue weighted by atomic mass is 35.5. The van der Waals surface area contributed by atoms with Crippen LogP contribution in [-0.4, -0.2) is 12.6 Å². The Morgan fingerprint density at radius 1 is 1.60 bits per heavy atom. The molecule has 0 aromatic heterocycles. The van der Waals surface area contributed by atoms with E-state index in [1.807, 2.05) is 25.1 Å². The van der Waals surface area contributed by atoms with E-state index in [4.69, 9.17) is 27.3 Å². The fraction of sp³-hybridized carbons (Fsp3) is 0.364. The average molecular weight is 225 g/mol. The Morgan fingerprint density at radius 3 is 2.93 bits per heavy atom. The maximum Gasteiger partial charge on any atom is 0.174 e. The molecule has 0 saturated carbocycles. The first-order valence-electron chi connectivity index (χ1n) is 4.68. The van der Waals surface area contributed by atoms with Gasteiger partial charge in [0.15, 0.2) is 6.61 Å². The molecule has 0 fully saturated rings. The monoisotopic (exact) mass is 224 g/mol. The zero-order valence-corrected chi connectivity index (χ0v) is 9.29. The molecule has 1 aromatic carbocycles. The number of rotatable bonds is 4. The van der Waals surface area contributed by atoms with Crippen molar-refractivity contribution >= 4 is 11.6 Å². The standard InChI is InChI=1S/C11H13ClN2O/c1-8(14)7-9-3-2-4-10(12)11(9)15-6-5-13/h2-4,8H,6-7,14H2,1H3. The minimum Gasteiger partial charge on any atom is -0.477 e. The summed E-state index contributed by atoms with van der Waals surface area (Å²) in [5.74, 6) is 0.568. The van der Waals surface area contributed by atoms with E-state index in [2.05, 4.69) is 0 Å². The zero-order chi connectivity index (χ0) is 11.3. The second-order valence-electron chi connectivity index (χ2n) is 3.36. The molecule has 80 valence electrons. The normalized spacial score (nSPS) is 11.9. The van der Waals surface area contributed by atoms with E-state index in [1.165, 1.54) is 0 Å². The molecule has 0 aliphatic rings. The number of para-hydroxylation sites is 1. The summed E-state index contributed by atoms with van der Waals surface area (Å²) in [6.45, 7) is 1.91. The first-order valence-corrected chi connectivity index (χ1v) is 5.05. The highest BCUT2D eigenvalue weighted by Crippen LogP contribution is 2.29. The van der Waals surface area contributed by atoms with Crippen LogP contribution in [0.3, 0.4) is 0 Å². The molecule has 4 heteroatoms. The van der Waals surface area contributed by atoms with Gasteiger partial charge >= 0.3 is 0 Å². The first kappa shape index (κ1) is 11.8. The molecule has 3 nitrogen and oxygen atoms in total. The third kappa shape index (κ3) is 3.43. The quantitative estimate of drug-likeness (QED) is 0.853. The van der Waals surface area contributed by atoms with Crippen LogP contribution in [0.2, 0.25) is 5.02 Å². The van der Waals surface area contributed by atoms with Gasteiger partial charge < -0.3 is 10.5 Å². The van der Waals surface area contributed by atoms with Gasteiger partial charge in [0.2, 0.25) is 0 Å². The molecular weight excluding hydrogens is 212 g/mol. The van der Waals surface area contributed by atoms with Gasteiger partial charge in [-0.3, -0.25) is 0 Å². The van der Waals surface area contributed by atoms with Gasteiger partial charge in [0.1, 0.15) is 11.8 Å². The summed E-state index contributed by atoms with van der Waals surface area (Å²) < 4.78 is 5.27. The minimum absolute atomic E-state index is 0.00428. The van der Waals surface area contributed by atoms with Gasteiger partial charge in [-0.2, -0.15) is 5.26 Å². The maximum atomic E-state index is 8.45. The minimum atomic E-state index is -0.00428. The van der Waals surface area contributed by atoms with E-state index >= 15 is 0 Å². The molecule has 0 aliphatic carbocycles. The van der Waals surface area contributed by atoms with Crippen molar-refractivity contribution in [3.63, 3.8) is 0 Å². The number of nitrogens with two attached hydrogens (primary N) is 1. The van der Waals surface area contributed by atoms with Gasteiger partial charge in [-0.15, -0.1) is 0 Å². The molecule has 15 heavy (non-hydrogen) atoms. The van der Waals surface area contributed by atoms with Gasteiger partial charge in [-0.1, -0.05) is 23.7 Å². The summed E-state index contributed by atoms with van der Waals surface area (Å²) in [5.41, 5.74) is 6.65. The second kappa shape index (κ2) is 5.59. The summed E-state index contributed by atoms with van der Waals surface area (Å²) in [6.07, 6.45) is 0.682. The number of nitrogens with zero attached hydrogens (tertiary/aromatic N) is 1. The van der Waals surface area contributed by atoms with Gasteiger partial charge in [0.25, 0.3) is 0 Å². The predicted molar refractivity (Wildman–Crippen MR) is 59.9 cm³/mol. The van der Waals surface area contributed by atoms with Crippen LogP contribution >= 0.6 is 11.6 Å². The number of nitriles is 1. The van der Waals surface area contributed by atoms with Gasteiger partial charge in [0, 0.05) is 6.04 Å². The van der Waals surface area contributed by atoms with E-state index in [1.54, 1.807) is 6.07 Å². The van der Waals surface area contributed by atoms with E-state index in [-0.39, 0.29) is 12.6 Å². The molecule has 1 atom stereocenters. The smallest absolute Gasteiger partial charge is 0.174 e. The number of ether oxygens (including phenoxy) is 1. The van der Waals surface area contributed by atoms with Crippen molar-refractivity contribution in [3.8, 4) is 11.8 Å². The van der Waals surface area contributed by atoms with Crippen LogP contribution in [0.1, 0.15) is 12.5 Å². The summed E-state index contributed by atoms with van der Waals surface area (Å²) in [4.78, 5) is 0. The van der Waals surface area contributed by atoms with E-state index in [0.29, 0.717) is 17.2 Å². The predicted octanol–water partition coefficient (Wildman–Crippen LogP) is 2.13. The highest BCUT2D eigenvalue weighted by molar-refractivity contribution is 6.32. The Morgan fingerprint density at radius 2 is 2.33 bits per heavy atom. The van der Waals surface area contributed by atoms with Crippen molar-refractivity contribution in [1.29, 1.82) is 5.26 Å². The number of benzene rings is 1. The third-order valence-corrected chi connectivity index (χ3v) is 2.17. The maximum absolute atomic E-state index is 8.45. The van der Waals surface area contributed by atoms with Crippen molar-refractivity contribution in [2.24, 2.45) is 5.73 Å². The Balaban J connectivity index is 2.93. The van der Waals surface area contributed by atoms with Crippen LogP contribution in [0.4, 0.5) is 0 Å². The Bertz CT molecular complexity index is 371. The van der Waals surface area contributed by atoms with E-state index < -0.39 is 0 Å². The van der Waals surface area contributed by atoms with Crippen molar-refractivity contribution in [2.45, 2.75) is 19.4 Å². The molecule has 1 aromatic rings.